The molecule has 4 nitrogen and oxygen atoms in total. The highest BCUT2D eigenvalue weighted by molar-refractivity contribution is 5.87. The molecule has 1 fully saturated rings. The maximum absolute atomic E-state index is 11.4. The summed E-state index contributed by atoms with van der Waals surface area (Å²) >= 11 is 0. The second kappa shape index (κ2) is 7.25. The molecular formula is C12H21NO3. The summed E-state index contributed by atoms with van der Waals surface area (Å²) in [4.78, 5) is 22.3. The molecule has 1 aliphatic rings. The van der Waals surface area contributed by atoms with E-state index in [2.05, 4.69) is 12.2 Å². The Morgan fingerprint density at radius 3 is 2.75 bits per heavy atom. The van der Waals surface area contributed by atoms with Crippen molar-refractivity contribution in [2.75, 3.05) is 6.61 Å². The fourth-order valence-electron chi connectivity index (χ4n) is 1.77. The van der Waals surface area contributed by atoms with Gasteiger partial charge >= 0.3 is 5.97 Å². The van der Waals surface area contributed by atoms with Gasteiger partial charge in [-0.1, -0.05) is 32.6 Å². The molecule has 92 valence electrons. The quantitative estimate of drug-likeness (QED) is 0.533. The summed E-state index contributed by atoms with van der Waals surface area (Å²) in [6, 6.07) is -0.400. The van der Waals surface area contributed by atoms with Gasteiger partial charge in [0.1, 0.15) is 6.04 Å². The van der Waals surface area contributed by atoms with Crippen LogP contribution in [0.15, 0.2) is 0 Å². The van der Waals surface area contributed by atoms with E-state index in [1.807, 2.05) is 0 Å². The fourth-order valence-corrected chi connectivity index (χ4v) is 1.77. The van der Waals surface area contributed by atoms with Crippen LogP contribution < -0.4 is 5.32 Å². The first-order valence-corrected chi connectivity index (χ1v) is 6.20. The van der Waals surface area contributed by atoms with Gasteiger partial charge in [0.05, 0.1) is 6.61 Å². The molecule has 0 saturated carbocycles. The molecule has 4 heteroatoms. The first-order valence-electron chi connectivity index (χ1n) is 6.20. The Morgan fingerprint density at radius 2 is 2.12 bits per heavy atom. The topological polar surface area (TPSA) is 55.4 Å². The third-order valence-electron chi connectivity index (χ3n) is 2.77. The third kappa shape index (κ3) is 4.64. The van der Waals surface area contributed by atoms with E-state index in [4.69, 9.17) is 4.74 Å². The zero-order valence-electron chi connectivity index (χ0n) is 9.96. The number of rotatable bonds is 7. The lowest BCUT2D eigenvalue weighted by Crippen LogP contribution is -2.34. The van der Waals surface area contributed by atoms with Gasteiger partial charge in [0.15, 0.2) is 0 Å². The summed E-state index contributed by atoms with van der Waals surface area (Å²) in [5.41, 5.74) is 0. The van der Waals surface area contributed by atoms with E-state index in [1.165, 1.54) is 19.3 Å². The molecule has 0 aromatic rings. The molecule has 0 aliphatic carbocycles. The monoisotopic (exact) mass is 227 g/mol. The number of unbranched alkanes of at least 4 members (excludes halogenated alkanes) is 4. The SMILES string of the molecule is CCCCCCCOC(=O)C1CCC(=O)N1. The van der Waals surface area contributed by atoms with Crippen LogP contribution in [0.25, 0.3) is 0 Å². The van der Waals surface area contributed by atoms with Crippen LogP contribution in [-0.2, 0) is 14.3 Å². The molecule has 1 saturated heterocycles. The maximum atomic E-state index is 11.4. The maximum Gasteiger partial charge on any atom is 0.328 e. The average molecular weight is 227 g/mol. The smallest absolute Gasteiger partial charge is 0.328 e. The molecule has 16 heavy (non-hydrogen) atoms. The van der Waals surface area contributed by atoms with Crippen LogP contribution in [0.5, 0.6) is 0 Å². The van der Waals surface area contributed by atoms with Gasteiger partial charge in [-0.2, -0.15) is 0 Å². The van der Waals surface area contributed by atoms with Crippen molar-refractivity contribution >= 4 is 11.9 Å². The van der Waals surface area contributed by atoms with E-state index in [0.717, 1.165) is 12.8 Å². The summed E-state index contributed by atoms with van der Waals surface area (Å²) in [6.45, 7) is 2.65. The number of esters is 1. The summed E-state index contributed by atoms with van der Waals surface area (Å²) in [5, 5.41) is 2.60. The van der Waals surface area contributed by atoms with Crippen molar-refractivity contribution in [1.82, 2.24) is 5.32 Å². The number of hydrogen-bond acceptors (Lipinski definition) is 3. The molecule has 0 bridgehead atoms. The largest absolute Gasteiger partial charge is 0.464 e. The second-order valence-electron chi connectivity index (χ2n) is 4.24. The Bertz CT molecular complexity index is 240. The molecule has 0 radical (unpaired) electrons. The molecule has 1 rings (SSSR count). The Morgan fingerprint density at radius 1 is 1.38 bits per heavy atom. The predicted molar refractivity (Wildman–Crippen MR) is 60.9 cm³/mol. The van der Waals surface area contributed by atoms with Crippen molar-refractivity contribution in [3.8, 4) is 0 Å². The number of nitrogens with one attached hydrogen (secondary N) is 1. The lowest BCUT2D eigenvalue weighted by Gasteiger charge is -2.09. The number of amides is 1. The van der Waals surface area contributed by atoms with E-state index in [1.54, 1.807) is 0 Å². The van der Waals surface area contributed by atoms with Crippen molar-refractivity contribution in [2.45, 2.75) is 57.9 Å². The molecule has 1 heterocycles. The lowest BCUT2D eigenvalue weighted by molar-refractivity contribution is -0.146. The highest BCUT2D eigenvalue weighted by atomic mass is 16.5. The van der Waals surface area contributed by atoms with E-state index >= 15 is 0 Å². The fraction of sp³-hybridized carbons (Fsp3) is 0.833. The van der Waals surface area contributed by atoms with Gasteiger partial charge < -0.3 is 10.1 Å². The van der Waals surface area contributed by atoms with Crippen molar-refractivity contribution < 1.29 is 14.3 Å². The first kappa shape index (κ1) is 13.0. The zero-order chi connectivity index (χ0) is 11.8. The Kier molecular flexibility index (Phi) is 5.90. The van der Waals surface area contributed by atoms with Crippen molar-refractivity contribution in [2.24, 2.45) is 0 Å². The lowest BCUT2D eigenvalue weighted by atomic mass is 10.2. The van der Waals surface area contributed by atoms with E-state index in [0.29, 0.717) is 19.4 Å². The van der Waals surface area contributed by atoms with Crippen LogP contribution in [0.3, 0.4) is 0 Å². The first-order chi connectivity index (χ1) is 7.74. The average Bonchev–Trinajstić information content (AvgIpc) is 2.70. The van der Waals surface area contributed by atoms with Crippen LogP contribution in [0.2, 0.25) is 0 Å². The summed E-state index contributed by atoms with van der Waals surface area (Å²) in [6.07, 6.45) is 6.71. The van der Waals surface area contributed by atoms with Gasteiger partial charge in [-0.25, -0.2) is 4.79 Å². The number of carbonyl (C=O) groups is 2. The summed E-state index contributed by atoms with van der Waals surface area (Å²) in [5.74, 6) is -0.328. The molecular weight excluding hydrogens is 206 g/mol. The Hall–Kier alpha value is -1.06. The molecule has 1 aliphatic heterocycles. The van der Waals surface area contributed by atoms with Crippen LogP contribution in [0, 0.1) is 0 Å². The van der Waals surface area contributed by atoms with E-state index < -0.39 is 6.04 Å². The van der Waals surface area contributed by atoms with Gasteiger partial charge in [-0.15, -0.1) is 0 Å². The zero-order valence-corrected chi connectivity index (χ0v) is 9.96. The minimum atomic E-state index is -0.400. The Labute approximate surface area is 96.7 Å². The summed E-state index contributed by atoms with van der Waals surface area (Å²) < 4.78 is 5.10. The highest BCUT2D eigenvalue weighted by Gasteiger charge is 2.28. The number of carbonyl (C=O) groups excluding carboxylic acids is 2. The van der Waals surface area contributed by atoms with Crippen LogP contribution >= 0.6 is 0 Å². The van der Waals surface area contributed by atoms with Gasteiger partial charge in [-0.05, 0) is 12.8 Å². The minimum absolute atomic E-state index is 0.0510. The minimum Gasteiger partial charge on any atom is -0.464 e. The Balaban J connectivity index is 2.00. The van der Waals surface area contributed by atoms with Gasteiger partial charge in [-0.3, -0.25) is 4.79 Å². The van der Waals surface area contributed by atoms with Crippen LogP contribution in [0.4, 0.5) is 0 Å². The van der Waals surface area contributed by atoms with Crippen LogP contribution in [-0.4, -0.2) is 24.5 Å². The summed E-state index contributed by atoms with van der Waals surface area (Å²) in [7, 11) is 0. The second-order valence-corrected chi connectivity index (χ2v) is 4.24. The molecule has 1 amide bonds. The van der Waals surface area contributed by atoms with Crippen molar-refractivity contribution in [3.05, 3.63) is 0 Å². The normalized spacial score (nSPS) is 19.6. The van der Waals surface area contributed by atoms with Gasteiger partial charge in [0.2, 0.25) is 5.91 Å². The number of ether oxygens (including phenoxy) is 1. The highest BCUT2D eigenvalue weighted by Crippen LogP contribution is 2.09. The van der Waals surface area contributed by atoms with Gasteiger partial charge in [0.25, 0.3) is 0 Å². The standard InChI is InChI=1S/C12H21NO3/c1-2-3-4-5-6-9-16-12(15)10-7-8-11(14)13-10/h10H,2-9H2,1H3,(H,13,14). The molecule has 1 N–H and O–H groups in total. The predicted octanol–water partition coefficient (Wildman–Crippen LogP) is 1.78. The van der Waals surface area contributed by atoms with Crippen LogP contribution in [0.1, 0.15) is 51.9 Å². The van der Waals surface area contributed by atoms with Crippen molar-refractivity contribution in [1.29, 1.82) is 0 Å². The van der Waals surface area contributed by atoms with E-state index in [9.17, 15) is 9.59 Å². The molecule has 0 aromatic heterocycles. The van der Waals surface area contributed by atoms with Crippen molar-refractivity contribution in [3.63, 3.8) is 0 Å². The molecule has 1 unspecified atom stereocenters. The van der Waals surface area contributed by atoms with E-state index in [-0.39, 0.29) is 11.9 Å². The number of hydrogen-bond donors (Lipinski definition) is 1. The van der Waals surface area contributed by atoms with Gasteiger partial charge in [0, 0.05) is 6.42 Å². The third-order valence-corrected chi connectivity index (χ3v) is 2.77. The molecule has 1 atom stereocenters. The molecule has 0 spiro atoms. The molecule has 0 aromatic carbocycles.